The van der Waals surface area contributed by atoms with Gasteiger partial charge in [-0.3, -0.25) is 0 Å². The third-order valence-corrected chi connectivity index (χ3v) is 8.83. The summed E-state index contributed by atoms with van der Waals surface area (Å²) in [4.78, 5) is 6.56. The lowest BCUT2D eigenvalue weighted by atomic mass is 10.1. The molecule has 5 nitrogen and oxygen atoms in total. The summed E-state index contributed by atoms with van der Waals surface area (Å²) < 4.78 is 80.2. The van der Waals surface area contributed by atoms with E-state index in [1.54, 1.807) is 6.07 Å². The molecule has 2 aromatic carbocycles. The van der Waals surface area contributed by atoms with Gasteiger partial charge in [-0.2, -0.15) is 0 Å². The lowest BCUT2D eigenvalue weighted by molar-refractivity contribution is -0.274. The quantitative estimate of drug-likeness (QED) is 0.370. The number of nitrogens with zero attached hydrogens (tertiary/aromatic N) is 2. The van der Waals surface area contributed by atoms with Crippen LogP contribution in [-0.2, 0) is 16.3 Å². The van der Waals surface area contributed by atoms with E-state index in [0.29, 0.717) is 42.9 Å². The fourth-order valence-electron chi connectivity index (χ4n) is 3.83. The average Bonchev–Trinajstić information content (AvgIpc) is 3.21. The topological polar surface area (TPSA) is 59.5 Å². The monoisotopic (exact) mass is 534 g/mol. The molecule has 0 amide bonds. The summed E-state index contributed by atoms with van der Waals surface area (Å²) in [6.07, 6.45) is -3.70. The van der Waals surface area contributed by atoms with Crippen molar-refractivity contribution in [2.75, 3.05) is 18.0 Å². The Kier molecular flexibility index (Phi) is 7.07. The van der Waals surface area contributed by atoms with E-state index in [-0.39, 0.29) is 4.90 Å². The standard InChI is InChI=1S/C22H19ClF4N2O3S2/c23-15-9-14(10-16(24)12-15)11-17-13-33-21(28-17)29-7-5-20(6-8-29)34(30,31)19-3-1-18(2-4-19)32-22(25,26)27/h1-4,9-10,12-13,20H,5-8,11H2. The molecule has 1 fully saturated rings. The molecule has 12 heteroatoms. The van der Waals surface area contributed by atoms with E-state index < -0.39 is 33.0 Å². The van der Waals surface area contributed by atoms with Crippen molar-refractivity contribution in [1.29, 1.82) is 0 Å². The minimum Gasteiger partial charge on any atom is -0.406 e. The van der Waals surface area contributed by atoms with Gasteiger partial charge in [-0.25, -0.2) is 17.8 Å². The molecule has 2 heterocycles. The largest absolute Gasteiger partial charge is 0.573 e. The van der Waals surface area contributed by atoms with Gasteiger partial charge in [-0.1, -0.05) is 11.6 Å². The Morgan fingerprint density at radius 2 is 1.79 bits per heavy atom. The second kappa shape index (κ2) is 9.71. The van der Waals surface area contributed by atoms with E-state index >= 15 is 0 Å². The van der Waals surface area contributed by atoms with Gasteiger partial charge in [0.05, 0.1) is 15.8 Å². The molecule has 4 rings (SSSR count). The van der Waals surface area contributed by atoms with Gasteiger partial charge in [-0.15, -0.1) is 24.5 Å². The Balaban J connectivity index is 1.37. The number of hydrogen-bond donors (Lipinski definition) is 0. The number of sulfone groups is 1. The van der Waals surface area contributed by atoms with E-state index in [1.165, 1.54) is 23.5 Å². The first-order valence-electron chi connectivity index (χ1n) is 10.2. The molecule has 34 heavy (non-hydrogen) atoms. The Morgan fingerprint density at radius 3 is 2.41 bits per heavy atom. The molecule has 0 aliphatic carbocycles. The molecule has 1 aromatic heterocycles. The third-order valence-electron chi connectivity index (χ3n) is 5.38. The van der Waals surface area contributed by atoms with Gasteiger partial charge in [0.2, 0.25) is 0 Å². The maximum atomic E-state index is 13.6. The zero-order valence-electron chi connectivity index (χ0n) is 17.6. The van der Waals surface area contributed by atoms with Crippen molar-refractivity contribution in [2.45, 2.75) is 35.8 Å². The summed E-state index contributed by atoms with van der Waals surface area (Å²) in [5.41, 5.74) is 1.47. The smallest absolute Gasteiger partial charge is 0.406 e. The van der Waals surface area contributed by atoms with E-state index in [4.69, 9.17) is 11.6 Å². The van der Waals surface area contributed by atoms with Crippen LogP contribution in [0.2, 0.25) is 5.02 Å². The van der Waals surface area contributed by atoms with Gasteiger partial charge in [0.1, 0.15) is 11.6 Å². The Labute approximate surface area is 202 Å². The zero-order valence-corrected chi connectivity index (χ0v) is 19.9. The van der Waals surface area contributed by atoms with Crippen LogP contribution < -0.4 is 9.64 Å². The van der Waals surface area contributed by atoms with Gasteiger partial charge in [0.25, 0.3) is 0 Å². The normalized spacial score (nSPS) is 15.5. The number of halogens is 5. The highest BCUT2D eigenvalue weighted by Crippen LogP contribution is 2.31. The minimum atomic E-state index is -4.84. The summed E-state index contributed by atoms with van der Waals surface area (Å²) in [6.45, 7) is 0.940. The second-order valence-corrected chi connectivity index (χ2v) is 11.3. The van der Waals surface area contributed by atoms with Gasteiger partial charge >= 0.3 is 6.36 Å². The Bertz CT molecular complexity index is 1240. The highest BCUT2D eigenvalue weighted by atomic mass is 35.5. The van der Waals surface area contributed by atoms with Crippen molar-refractivity contribution in [1.82, 2.24) is 4.98 Å². The number of aromatic nitrogens is 1. The number of benzene rings is 2. The molecule has 0 unspecified atom stereocenters. The summed E-state index contributed by atoms with van der Waals surface area (Å²) in [7, 11) is -3.70. The second-order valence-electron chi connectivity index (χ2n) is 7.83. The van der Waals surface area contributed by atoms with Crippen LogP contribution in [0.15, 0.2) is 52.7 Å². The molecule has 1 saturated heterocycles. The molecule has 0 spiro atoms. The number of thiazole rings is 1. The number of hydrogen-bond acceptors (Lipinski definition) is 6. The molecule has 182 valence electrons. The number of rotatable bonds is 6. The van der Waals surface area contributed by atoms with Crippen molar-refractivity contribution in [2.24, 2.45) is 0 Å². The van der Waals surface area contributed by atoms with Crippen molar-refractivity contribution in [3.05, 3.63) is 69.9 Å². The maximum Gasteiger partial charge on any atom is 0.573 e. The fourth-order valence-corrected chi connectivity index (χ4v) is 6.68. The molecule has 1 aliphatic heterocycles. The molecular weight excluding hydrogens is 516 g/mol. The number of piperidine rings is 1. The van der Waals surface area contributed by atoms with Crippen LogP contribution in [0.3, 0.4) is 0 Å². The number of alkyl halides is 3. The summed E-state index contributed by atoms with van der Waals surface area (Å²) >= 11 is 7.33. The predicted molar refractivity (Wildman–Crippen MR) is 122 cm³/mol. The van der Waals surface area contributed by atoms with Crippen LogP contribution >= 0.6 is 22.9 Å². The molecule has 0 radical (unpaired) electrons. The molecule has 0 atom stereocenters. The molecule has 0 saturated carbocycles. The van der Waals surface area contributed by atoms with Crippen molar-refractivity contribution in [3.8, 4) is 5.75 Å². The zero-order chi connectivity index (χ0) is 24.5. The van der Waals surface area contributed by atoms with Gasteiger partial charge < -0.3 is 9.64 Å². The Morgan fingerprint density at radius 1 is 1.12 bits per heavy atom. The molecule has 0 bridgehead atoms. The first-order chi connectivity index (χ1) is 16.0. The van der Waals surface area contributed by atoms with E-state index in [1.807, 2.05) is 10.3 Å². The molecule has 3 aromatic rings. The number of ether oxygens (including phenoxy) is 1. The maximum absolute atomic E-state index is 13.6. The minimum absolute atomic E-state index is 0.0363. The van der Waals surface area contributed by atoms with Crippen LogP contribution in [0.1, 0.15) is 24.1 Å². The van der Waals surface area contributed by atoms with Gasteiger partial charge in [0, 0.05) is 29.9 Å². The van der Waals surface area contributed by atoms with Crippen molar-refractivity contribution >= 4 is 37.9 Å². The van der Waals surface area contributed by atoms with Crippen LogP contribution in [0.4, 0.5) is 22.7 Å². The van der Waals surface area contributed by atoms with Crippen molar-refractivity contribution < 1.29 is 30.7 Å². The molecular formula is C22H19ClF4N2O3S2. The fraction of sp³-hybridized carbons (Fsp3) is 0.318. The van der Waals surface area contributed by atoms with Crippen molar-refractivity contribution in [3.63, 3.8) is 0 Å². The predicted octanol–water partition coefficient (Wildman–Crippen LogP) is 5.87. The highest BCUT2D eigenvalue weighted by Gasteiger charge is 2.33. The van der Waals surface area contributed by atoms with Crippen LogP contribution in [-0.4, -0.2) is 38.1 Å². The van der Waals surface area contributed by atoms with Gasteiger partial charge in [0.15, 0.2) is 15.0 Å². The summed E-state index contributed by atoms with van der Waals surface area (Å²) in [6, 6.07) is 8.59. The first-order valence-corrected chi connectivity index (χ1v) is 13.0. The van der Waals surface area contributed by atoms with Crippen LogP contribution in [0.5, 0.6) is 5.75 Å². The average molecular weight is 535 g/mol. The van der Waals surface area contributed by atoms with Crippen LogP contribution in [0.25, 0.3) is 0 Å². The summed E-state index contributed by atoms with van der Waals surface area (Å²) in [5.74, 6) is -0.884. The molecule has 0 N–H and O–H groups in total. The SMILES string of the molecule is O=S(=O)(c1ccc(OC(F)(F)F)cc1)C1CCN(c2nc(Cc3cc(F)cc(Cl)c3)cs2)CC1. The lowest BCUT2D eigenvalue weighted by Crippen LogP contribution is -2.39. The highest BCUT2D eigenvalue weighted by molar-refractivity contribution is 7.92. The lowest BCUT2D eigenvalue weighted by Gasteiger charge is -2.31. The molecule has 1 aliphatic rings. The van der Waals surface area contributed by atoms with E-state index in [2.05, 4.69) is 9.72 Å². The van der Waals surface area contributed by atoms with Crippen LogP contribution in [0, 0.1) is 5.82 Å². The Hall–Kier alpha value is -2.37. The number of anilines is 1. The van der Waals surface area contributed by atoms with E-state index in [9.17, 15) is 26.0 Å². The van der Waals surface area contributed by atoms with E-state index in [0.717, 1.165) is 35.1 Å². The van der Waals surface area contributed by atoms with Gasteiger partial charge in [-0.05, 0) is 60.9 Å². The third kappa shape index (κ3) is 6.00. The first kappa shape index (κ1) is 24.7. The summed E-state index contributed by atoms with van der Waals surface area (Å²) in [5, 5.41) is 2.30.